The molecule has 1 aliphatic heterocycles. The first-order chi connectivity index (χ1) is 12.9. The minimum absolute atomic E-state index is 0.101. The van der Waals surface area contributed by atoms with Gasteiger partial charge in [-0.2, -0.15) is 0 Å². The van der Waals surface area contributed by atoms with Gasteiger partial charge in [0, 0.05) is 19.5 Å². The Bertz CT molecular complexity index is 748. The lowest BCUT2D eigenvalue weighted by molar-refractivity contribution is -0.131. The molecule has 1 saturated carbocycles. The predicted molar refractivity (Wildman–Crippen MR) is 104 cm³/mol. The zero-order valence-electron chi connectivity index (χ0n) is 15.0. The van der Waals surface area contributed by atoms with Crippen LogP contribution in [0.4, 0.5) is 4.79 Å². The van der Waals surface area contributed by atoms with Gasteiger partial charge in [-0.1, -0.05) is 48.2 Å². The molecule has 6 nitrogen and oxygen atoms in total. The summed E-state index contributed by atoms with van der Waals surface area (Å²) in [6.07, 6.45) is 4.69. The van der Waals surface area contributed by atoms with Crippen LogP contribution < -0.4 is 10.6 Å². The fourth-order valence-electron chi connectivity index (χ4n) is 3.74. The summed E-state index contributed by atoms with van der Waals surface area (Å²) < 4.78 is 0. The quantitative estimate of drug-likeness (QED) is 0.533. The maximum atomic E-state index is 12.5. The summed E-state index contributed by atoms with van der Waals surface area (Å²) in [7, 11) is 0. The van der Waals surface area contributed by atoms with E-state index in [2.05, 4.69) is 10.6 Å². The highest BCUT2D eigenvalue weighted by Crippen LogP contribution is 2.35. The SMILES string of the molecule is O=C(CCc1cccc(Cl)c1Cl)NCCCN1C(=O)NC2(CCCC2)C1=O. The maximum Gasteiger partial charge on any atom is 0.325 e. The molecule has 2 fully saturated rings. The summed E-state index contributed by atoms with van der Waals surface area (Å²) >= 11 is 12.1. The van der Waals surface area contributed by atoms with Crippen LogP contribution in [0.5, 0.6) is 0 Å². The zero-order chi connectivity index (χ0) is 19.4. The van der Waals surface area contributed by atoms with Gasteiger partial charge in [0.05, 0.1) is 10.0 Å². The van der Waals surface area contributed by atoms with Gasteiger partial charge in [-0.3, -0.25) is 14.5 Å². The number of benzene rings is 1. The number of urea groups is 1. The van der Waals surface area contributed by atoms with E-state index in [9.17, 15) is 14.4 Å². The molecule has 2 aliphatic rings. The highest BCUT2D eigenvalue weighted by atomic mass is 35.5. The van der Waals surface area contributed by atoms with E-state index in [0.29, 0.717) is 42.4 Å². The van der Waals surface area contributed by atoms with Crippen molar-refractivity contribution in [2.75, 3.05) is 13.1 Å². The van der Waals surface area contributed by atoms with Gasteiger partial charge in [-0.25, -0.2) is 4.79 Å². The first-order valence-electron chi connectivity index (χ1n) is 9.27. The zero-order valence-corrected chi connectivity index (χ0v) is 16.5. The van der Waals surface area contributed by atoms with E-state index in [-0.39, 0.29) is 17.8 Å². The molecular formula is C19H23Cl2N3O3. The Labute approximate surface area is 168 Å². The highest BCUT2D eigenvalue weighted by Gasteiger charge is 2.51. The van der Waals surface area contributed by atoms with Crippen LogP contribution in [0.25, 0.3) is 0 Å². The molecule has 1 saturated heterocycles. The van der Waals surface area contributed by atoms with Crippen molar-refractivity contribution < 1.29 is 14.4 Å². The number of carbonyl (C=O) groups excluding carboxylic acids is 3. The summed E-state index contributed by atoms with van der Waals surface area (Å²) in [6.45, 7) is 0.721. The molecule has 1 aromatic carbocycles. The van der Waals surface area contributed by atoms with Crippen LogP contribution in [0.3, 0.4) is 0 Å². The van der Waals surface area contributed by atoms with E-state index >= 15 is 0 Å². The second-order valence-electron chi connectivity index (χ2n) is 7.09. The summed E-state index contributed by atoms with van der Waals surface area (Å²) in [5, 5.41) is 6.62. The number of hydrogen-bond acceptors (Lipinski definition) is 3. The largest absolute Gasteiger partial charge is 0.356 e. The third kappa shape index (κ3) is 4.38. The van der Waals surface area contributed by atoms with Gasteiger partial charge in [0.15, 0.2) is 0 Å². The van der Waals surface area contributed by atoms with E-state index in [1.807, 2.05) is 6.07 Å². The molecule has 8 heteroatoms. The molecule has 27 heavy (non-hydrogen) atoms. The van der Waals surface area contributed by atoms with Crippen LogP contribution in [0.15, 0.2) is 18.2 Å². The molecular weight excluding hydrogens is 389 g/mol. The Morgan fingerprint density at radius 1 is 1.22 bits per heavy atom. The van der Waals surface area contributed by atoms with E-state index in [1.165, 1.54) is 4.90 Å². The van der Waals surface area contributed by atoms with Crippen molar-refractivity contribution >= 4 is 41.0 Å². The number of amides is 4. The van der Waals surface area contributed by atoms with E-state index in [4.69, 9.17) is 23.2 Å². The molecule has 0 aromatic heterocycles. The van der Waals surface area contributed by atoms with E-state index in [0.717, 1.165) is 31.2 Å². The summed E-state index contributed by atoms with van der Waals surface area (Å²) in [4.78, 5) is 37.9. The minimum Gasteiger partial charge on any atom is -0.356 e. The van der Waals surface area contributed by atoms with Crippen LogP contribution in [-0.4, -0.2) is 41.4 Å². The smallest absolute Gasteiger partial charge is 0.325 e. The van der Waals surface area contributed by atoms with Crippen molar-refractivity contribution in [2.45, 2.75) is 50.5 Å². The average Bonchev–Trinajstić information content (AvgIpc) is 3.20. The number of rotatable bonds is 7. The lowest BCUT2D eigenvalue weighted by Crippen LogP contribution is -2.44. The molecule has 1 aromatic rings. The predicted octanol–water partition coefficient (Wildman–Crippen LogP) is 3.30. The van der Waals surface area contributed by atoms with E-state index < -0.39 is 5.54 Å². The highest BCUT2D eigenvalue weighted by molar-refractivity contribution is 6.42. The second kappa shape index (κ2) is 8.48. The van der Waals surface area contributed by atoms with Gasteiger partial charge in [-0.05, 0) is 37.3 Å². The average molecular weight is 412 g/mol. The fraction of sp³-hybridized carbons (Fsp3) is 0.526. The van der Waals surface area contributed by atoms with Crippen LogP contribution >= 0.6 is 23.2 Å². The molecule has 2 N–H and O–H groups in total. The van der Waals surface area contributed by atoms with Crippen molar-refractivity contribution in [2.24, 2.45) is 0 Å². The number of hydrogen-bond donors (Lipinski definition) is 2. The molecule has 1 aliphatic carbocycles. The fourth-order valence-corrected chi connectivity index (χ4v) is 4.15. The number of carbonyl (C=O) groups is 3. The van der Waals surface area contributed by atoms with Crippen LogP contribution in [-0.2, 0) is 16.0 Å². The van der Waals surface area contributed by atoms with Gasteiger partial charge in [0.2, 0.25) is 5.91 Å². The number of nitrogens with zero attached hydrogens (tertiary/aromatic N) is 1. The maximum absolute atomic E-state index is 12.5. The number of halogens is 2. The topological polar surface area (TPSA) is 78.5 Å². The number of aryl methyl sites for hydroxylation is 1. The summed E-state index contributed by atoms with van der Waals surface area (Å²) in [5.74, 6) is -0.220. The van der Waals surface area contributed by atoms with E-state index in [1.54, 1.807) is 12.1 Å². The van der Waals surface area contributed by atoms with Gasteiger partial charge in [0.25, 0.3) is 5.91 Å². The molecule has 1 spiro atoms. The minimum atomic E-state index is -0.670. The van der Waals surface area contributed by atoms with Gasteiger partial charge >= 0.3 is 6.03 Å². The molecule has 146 valence electrons. The molecule has 1 heterocycles. The summed E-state index contributed by atoms with van der Waals surface area (Å²) in [6, 6.07) is 5.04. The molecule has 0 unspecified atom stereocenters. The first-order valence-corrected chi connectivity index (χ1v) is 10.0. The van der Waals surface area contributed by atoms with Crippen molar-refractivity contribution in [3.63, 3.8) is 0 Å². The first kappa shape index (κ1) is 20.0. The molecule has 0 radical (unpaired) electrons. The molecule has 0 bridgehead atoms. The monoisotopic (exact) mass is 411 g/mol. The standard InChI is InChI=1S/C19H23Cl2N3O3/c20-14-6-3-5-13(16(14)21)7-8-15(25)22-11-4-12-24-17(26)19(23-18(24)27)9-1-2-10-19/h3,5-6H,1-2,4,7-12H2,(H,22,25)(H,23,27). The van der Waals surface area contributed by atoms with Crippen molar-refractivity contribution in [3.05, 3.63) is 33.8 Å². The molecule has 0 atom stereocenters. The molecule has 4 amide bonds. The van der Waals surface area contributed by atoms with Gasteiger partial charge < -0.3 is 10.6 Å². The third-order valence-corrected chi connectivity index (χ3v) is 6.09. The normalized spacial score (nSPS) is 18.2. The van der Waals surface area contributed by atoms with Gasteiger partial charge in [-0.15, -0.1) is 0 Å². The Balaban J connectivity index is 1.39. The lowest BCUT2D eigenvalue weighted by atomic mass is 9.98. The lowest BCUT2D eigenvalue weighted by Gasteiger charge is -2.20. The van der Waals surface area contributed by atoms with Crippen molar-refractivity contribution in [1.82, 2.24) is 15.5 Å². The van der Waals surface area contributed by atoms with Crippen LogP contribution in [0.1, 0.15) is 44.1 Å². The van der Waals surface area contributed by atoms with Crippen molar-refractivity contribution in [1.29, 1.82) is 0 Å². The summed E-state index contributed by atoms with van der Waals surface area (Å²) in [5.41, 5.74) is 0.164. The number of nitrogens with one attached hydrogen (secondary N) is 2. The Hall–Kier alpha value is -1.79. The van der Waals surface area contributed by atoms with Gasteiger partial charge in [0.1, 0.15) is 5.54 Å². The number of imide groups is 1. The molecule has 3 rings (SSSR count). The van der Waals surface area contributed by atoms with Crippen LogP contribution in [0, 0.1) is 0 Å². The Kier molecular flexibility index (Phi) is 6.27. The third-order valence-electron chi connectivity index (χ3n) is 5.24. The second-order valence-corrected chi connectivity index (χ2v) is 7.88. The van der Waals surface area contributed by atoms with Crippen molar-refractivity contribution in [3.8, 4) is 0 Å². The van der Waals surface area contributed by atoms with Crippen LogP contribution in [0.2, 0.25) is 10.0 Å². The Morgan fingerprint density at radius 3 is 2.70 bits per heavy atom. The Morgan fingerprint density at radius 2 is 1.96 bits per heavy atom.